The highest BCUT2D eigenvalue weighted by atomic mass is 79.9. The molecule has 0 atom stereocenters. The van der Waals surface area contributed by atoms with Crippen LogP contribution in [0.25, 0.3) is 0 Å². The summed E-state index contributed by atoms with van der Waals surface area (Å²) in [6.45, 7) is 0.833. The molecule has 4 nitrogen and oxygen atoms in total. The molecule has 0 bridgehead atoms. The molecular weight excluding hydrogens is 356 g/mol. The first kappa shape index (κ1) is 15.8. The largest absolute Gasteiger partial charge is 0.381 e. The van der Waals surface area contributed by atoms with Crippen LogP contribution in [0.1, 0.15) is 12.8 Å². The summed E-state index contributed by atoms with van der Waals surface area (Å²) in [6, 6.07) is 2.36. The maximum Gasteiger partial charge on any atom is 0.244 e. The van der Waals surface area contributed by atoms with Gasteiger partial charge in [0.2, 0.25) is 10.0 Å². The van der Waals surface area contributed by atoms with E-state index in [4.69, 9.17) is 4.74 Å². The first-order valence-electron chi connectivity index (χ1n) is 6.01. The molecule has 1 aliphatic heterocycles. The number of nitrogens with one attached hydrogen (secondary N) is 1. The zero-order valence-corrected chi connectivity index (χ0v) is 12.9. The van der Waals surface area contributed by atoms with Crippen molar-refractivity contribution in [1.29, 1.82) is 0 Å². The summed E-state index contributed by atoms with van der Waals surface area (Å²) in [5, 5.41) is 0.375. The van der Waals surface area contributed by atoms with Gasteiger partial charge in [-0.1, -0.05) is 15.9 Å². The number of sulfonamides is 1. The summed E-state index contributed by atoms with van der Waals surface area (Å²) in [5.41, 5.74) is -0.740. The molecule has 0 unspecified atom stereocenters. The van der Waals surface area contributed by atoms with Crippen LogP contribution in [0.3, 0.4) is 0 Å². The molecule has 2 rings (SSSR count). The Hall–Kier alpha value is -0.570. The number of hydrogen-bond donors (Lipinski definition) is 1. The maximum atomic E-state index is 13.6. The van der Waals surface area contributed by atoms with Gasteiger partial charge in [-0.25, -0.2) is 21.9 Å². The van der Waals surface area contributed by atoms with E-state index in [2.05, 4.69) is 20.7 Å². The number of benzene rings is 1. The third-order valence-electron chi connectivity index (χ3n) is 3.24. The molecule has 1 aromatic carbocycles. The van der Waals surface area contributed by atoms with Gasteiger partial charge < -0.3 is 4.74 Å². The average Bonchev–Trinajstić information content (AvgIpc) is 2.42. The van der Waals surface area contributed by atoms with Crippen molar-refractivity contribution in [3.05, 3.63) is 29.8 Å². The van der Waals surface area contributed by atoms with Crippen LogP contribution in [0.2, 0.25) is 0 Å². The van der Waals surface area contributed by atoms with Gasteiger partial charge in [0.1, 0.15) is 16.5 Å². The van der Waals surface area contributed by atoms with Crippen molar-refractivity contribution >= 4 is 26.0 Å². The molecule has 0 aliphatic carbocycles. The lowest BCUT2D eigenvalue weighted by Crippen LogP contribution is -2.53. The molecule has 1 aliphatic rings. The Kier molecular flexibility index (Phi) is 4.78. The molecule has 0 aromatic heterocycles. The van der Waals surface area contributed by atoms with E-state index in [-0.39, 0.29) is 0 Å². The number of halogens is 3. The fourth-order valence-corrected chi connectivity index (χ4v) is 4.48. The quantitative estimate of drug-likeness (QED) is 0.827. The van der Waals surface area contributed by atoms with Gasteiger partial charge >= 0.3 is 0 Å². The van der Waals surface area contributed by atoms with Gasteiger partial charge in [-0.05, 0) is 31.0 Å². The molecule has 1 aromatic rings. The second kappa shape index (κ2) is 6.05. The van der Waals surface area contributed by atoms with E-state index in [1.807, 2.05) is 0 Å². The van der Waals surface area contributed by atoms with Gasteiger partial charge in [0, 0.05) is 24.1 Å². The van der Waals surface area contributed by atoms with Crippen LogP contribution in [0.4, 0.5) is 8.78 Å². The van der Waals surface area contributed by atoms with Crippen LogP contribution in [-0.2, 0) is 14.8 Å². The van der Waals surface area contributed by atoms with Crippen LogP contribution in [0, 0.1) is 11.6 Å². The Morgan fingerprint density at radius 2 is 1.95 bits per heavy atom. The zero-order chi connectivity index (χ0) is 14.8. The summed E-state index contributed by atoms with van der Waals surface area (Å²) in [6.07, 6.45) is 0.933. The summed E-state index contributed by atoms with van der Waals surface area (Å²) < 4.78 is 59.0. The Morgan fingerprint density at radius 3 is 2.55 bits per heavy atom. The number of ether oxygens (including phenoxy) is 1. The van der Waals surface area contributed by atoms with E-state index in [1.165, 1.54) is 0 Å². The molecule has 0 radical (unpaired) electrons. The second-order valence-electron chi connectivity index (χ2n) is 4.71. The third kappa shape index (κ3) is 3.36. The normalized spacial score (nSPS) is 18.9. The van der Waals surface area contributed by atoms with Crippen LogP contribution in [-0.4, -0.2) is 32.5 Å². The van der Waals surface area contributed by atoms with Gasteiger partial charge in [-0.3, -0.25) is 0 Å². The minimum atomic E-state index is -4.13. The molecule has 8 heteroatoms. The topological polar surface area (TPSA) is 55.4 Å². The third-order valence-corrected chi connectivity index (χ3v) is 5.91. The van der Waals surface area contributed by atoms with Crippen molar-refractivity contribution in [2.45, 2.75) is 23.3 Å². The van der Waals surface area contributed by atoms with Crippen LogP contribution < -0.4 is 4.72 Å². The monoisotopic (exact) mass is 369 g/mol. The van der Waals surface area contributed by atoms with Crippen LogP contribution >= 0.6 is 15.9 Å². The molecule has 1 N–H and O–H groups in total. The molecule has 1 heterocycles. The fraction of sp³-hybridized carbons (Fsp3) is 0.500. The SMILES string of the molecule is O=S(=O)(NC1(CBr)CCOCC1)c1cc(F)ccc1F. The van der Waals surface area contributed by atoms with Gasteiger partial charge in [0.25, 0.3) is 0 Å². The van der Waals surface area contributed by atoms with Crippen molar-refractivity contribution in [3.63, 3.8) is 0 Å². The van der Waals surface area contributed by atoms with Crippen molar-refractivity contribution in [2.75, 3.05) is 18.5 Å². The van der Waals surface area contributed by atoms with Gasteiger partial charge in [-0.15, -0.1) is 0 Å². The fourth-order valence-electron chi connectivity index (χ4n) is 2.05. The van der Waals surface area contributed by atoms with E-state index in [9.17, 15) is 17.2 Å². The highest BCUT2D eigenvalue weighted by Crippen LogP contribution is 2.26. The molecule has 0 saturated carbocycles. The lowest BCUT2D eigenvalue weighted by molar-refractivity contribution is 0.0557. The number of rotatable bonds is 4. The van der Waals surface area contributed by atoms with Crippen molar-refractivity contribution in [3.8, 4) is 0 Å². The molecule has 1 fully saturated rings. The Labute approximate surface area is 124 Å². The molecule has 1 saturated heterocycles. The van der Waals surface area contributed by atoms with Crippen LogP contribution in [0.5, 0.6) is 0 Å². The summed E-state index contributed by atoms with van der Waals surface area (Å²) in [7, 11) is -4.13. The first-order chi connectivity index (χ1) is 9.38. The number of hydrogen-bond acceptors (Lipinski definition) is 3. The molecular formula is C12H14BrF2NO3S. The minimum absolute atomic E-state index is 0.375. The molecule has 20 heavy (non-hydrogen) atoms. The Morgan fingerprint density at radius 1 is 1.30 bits per heavy atom. The first-order valence-corrected chi connectivity index (χ1v) is 8.62. The van der Waals surface area contributed by atoms with E-state index >= 15 is 0 Å². The Balaban J connectivity index is 2.32. The van der Waals surface area contributed by atoms with E-state index in [0.717, 1.165) is 12.1 Å². The van der Waals surface area contributed by atoms with Gasteiger partial charge in [-0.2, -0.15) is 0 Å². The predicted molar refractivity (Wildman–Crippen MR) is 73.3 cm³/mol. The second-order valence-corrected chi connectivity index (χ2v) is 6.92. The summed E-state index contributed by atoms with van der Waals surface area (Å²) in [5.74, 6) is -1.78. The van der Waals surface area contributed by atoms with Crippen molar-refractivity contribution < 1.29 is 21.9 Å². The molecule has 0 amide bonds. The van der Waals surface area contributed by atoms with Crippen molar-refractivity contribution in [2.24, 2.45) is 0 Å². The van der Waals surface area contributed by atoms with E-state index < -0.39 is 32.1 Å². The van der Waals surface area contributed by atoms with Crippen molar-refractivity contribution in [1.82, 2.24) is 4.72 Å². The lowest BCUT2D eigenvalue weighted by Gasteiger charge is -2.36. The lowest BCUT2D eigenvalue weighted by atomic mass is 9.94. The highest BCUT2D eigenvalue weighted by Gasteiger charge is 2.37. The van der Waals surface area contributed by atoms with Gasteiger partial charge in [0.05, 0.1) is 0 Å². The smallest absolute Gasteiger partial charge is 0.244 e. The Bertz CT molecular complexity index is 588. The number of alkyl halides is 1. The van der Waals surface area contributed by atoms with E-state index in [0.29, 0.717) is 37.5 Å². The highest BCUT2D eigenvalue weighted by molar-refractivity contribution is 9.09. The van der Waals surface area contributed by atoms with E-state index in [1.54, 1.807) is 0 Å². The predicted octanol–water partition coefficient (Wildman–Crippen LogP) is 2.19. The standard InChI is InChI=1S/C12H14BrF2NO3S/c13-8-12(3-5-19-6-4-12)16-20(17,18)11-7-9(14)1-2-10(11)15/h1-2,7,16H,3-6,8H2. The minimum Gasteiger partial charge on any atom is -0.381 e. The maximum absolute atomic E-state index is 13.6. The molecule has 112 valence electrons. The summed E-state index contributed by atoms with van der Waals surface area (Å²) in [4.78, 5) is -0.677. The average molecular weight is 370 g/mol. The zero-order valence-electron chi connectivity index (χ0n) is 10.5. The van der Waals surface area contributed by atoms with Crippen LogP contribution in [0.15, 0.2) is 23.1 Å². The summed E-state index contributed by atoms with van der Waals surface area (Å²) >= 11 is 3.28. The molecule has 0 spiro atoms. The van der Waals surface area contributed by atoms with Gasteiger partial charge in [0.15, 0.2) is 0 Å².